The Labute approximate surface area is 456 Å². The second-order valence-corrected chi connectivity index (χ2v) is 22.6. The van der Waals surface area contributed by atoms with Crippen LogP contribution in [0.2, 0.25) is 0 Å². The number of ether oxygens (including phenoxy) is 1. The first-order chi connectivity index (χ1) is 35.9. The minimum Gasteiger partial charge on any atom is -0.456 e. The average molecular weight is 1050 g/mol. The topological polar surface area (TPSA) is 111 Å². The molecule has 74 heavy (non-hydrogen) atoms. The van der Waals surface area contributed by atoms with Gasteiger partial charge in [-0.05, 0) is 102 Å². The van der Waals surface area contributed by atoms with Gasteiger partial charge in [0.15, 0.2) is 0 Å². The molecule has 0 radical (unpaired) electrons. The lowest BCUT2D eigenvalue weighted by Crippen LogP contribution is -2.47. The molecule has 0 saturated heterocycles. The number of nitrogens with one attached hydrogen (secondary N) is 1. The molecule has 0 aliphatic heterocycles. The summed E-state index contributed by atoms with van der Waals surface area (Å²) in [7, 11) is 1.45. The maximum absolute atomic E-state index is 13.5. The van der Waals surface area contributed by atoms with Crippen LogP contribution in [0.1, 0.15) is 245 Å². The Bertz CT molecular complexity index is 1590. The van der Waals surface area contributed by atoms with E-state index in [1.165, 1.54) is 109 Å². The number of esters is 1. The Morgan fingerprint density at radius 3 is 1.35 bits per heavy atom. The normalized spacial score (nSPS) is 14.4. The molecule has 10 heteroatoms. The van der Waals surface area contributed by atoms with Gasteiger partial charge in [0, 0.05) is 12.8 Å². The molecule has 1 amide bonds. The molecule has 2 N–H and O–H groups in total. The predicted molar refractivity (Wildman–Crippen MR) is 318 cm³/mol. The first kappa shape index (κ1) is 70.9. The number of hydrogen-bond donors (Lipinski definition) is 2. The zero-order chi connectivity index (χ0) is 54.3. The van der Waals surface area contributed by atoms with Crippen molar-refractivity contribution in [3.8, 4) is 0 Å². The average Bonchev–Trinajstić information content (AvgIpc) is 3.36. The third-order valence-electron chi connectivity index (χ3n) is 12.8. The Morgan fingerprint density at radius 1 is 0.486 bits per heavy atom. The van der Waals surface area contributed by atoms with Gasteiger partial charge in [-0.15, -0.1) is 0 Å². The number of hydrogen-bond acceptors (Lipinski definition) is 6. The van der Waals surface area contributed by atoms with E-state index in [1.54, 1.807) is 0 Å². The van der Waals surface area contributed by atoms with E-state index in [9.17, 15) is 19.0 Å². The van der Waals surface area contributed by atoms with Crippen molar-refractivity contribution in [3.05, 3.63) is 97.2 Å². The second kappa shape index (κ2) is 53.3. The fourth-order valence-electron chi connectivity index (χ4n) is 8.12. The quantitative estimate of drug-likeness (QED) is 0.0205. The minimum absolute atomic E-state index is 0.0263. The van der Waals surface area contributed by atoms with Crippen LogP contribution >= 0.6 is 7.82 Å². The molecule has 0 aromatic carbocycles. The number of carbonyl (C=O) groups excluding carboxylic acids is 2. The van der Waals surface area contributed by atoms with Crippen LogP contribution in [0.4, 0.5) is 0 Å². The molecule has 0 aromatic heterocycles. The van der Waals surface area contributed by atoms with E-state index in [4.69, 9.17) is 13.8 Å². The van der Waals surface area contributed by atoms with E-state index in [2.05, 4.69) is 111 Å². The van der Waals surface area contributed by atoms with Gasteiger partial charge in [0.1, 0.15) is 19.3 Å². The fourth-order valence-corrected chi connectivity index (χ4v) is 8.86. The van der Waals surface area contributed by atoms with Crippen LogP contribution in [-0.2, 0) is 27.9 Å². The second-order valence-electron chi connectivity index (χ2n) is 21.1. The number of nitrogens with zero attached hydrogens (tertiary/aromatic N) is 1. The number of rotatable bonds is 53. The third kappa shape index (κ3) is 53.7. The molecule has 0 saturated carbocycles. The number of phosphoric acid groups is 1. The molecule has 3 unspecified atom stereocenters. The van der Waals surface area contributed by atoms with Gasteiger partial charge >= 0.3 is 13.8 Å². The molecule has 426 valence electrons. The van der Waals surface area contributed by atoms with E-state index in [0.29, 0.717) is 23.9 Å². The molecule has 0 heterocycles. The molecule has 0 spiro atoms. The van der Waals surface area contributed by atoms with Gasteiger partial charge in [-0.2, -0.15) is 0 Å². The van der Waals surface area contributed by atoms with Gasteiger partial charge in [0.2, 0.25) is 5.91 Å². The van der Waals surface area contributed by atoms with Crippen molar-refractivity contribution >= 4 is 19.7 Å². The van der Waals surface area contributed by atoms with Gasteiger partial charge in [0.25, 0.3) is 0 Å². The summed E-state index contributed by atoms with van der Waals surface area (Å²) in [6, 6.07) is -0.878. The molecule has 0 aliphatic rings. The third-order valence-corrected chi connectivity index (χ3v) is 13.7. The Kier molecular flexibility index (Phi) is 51.1. The van der Waals surface area contributed by atoms with Gasteiger partial charge in [-0.3, -0.25) is 18.6 Å². The number of allylic oxidation sites excluding steroid dienone is 15. The highest BCUT2D eigenvalue weighted by Gasteiger charge is 2.30. The number of amides is 1. The molecule has 0 aliphatic carbocycles. The Morgan fingerprint density at radius 2 is 0.878 bits per heavy atom. The summed E-state index contributed by atoms with van der Waals surface area (Å²) < 4.78 is 30.6. The molecule has 0 fully saturated rings. The smallest absolute Gasteiger partial charge is 0.456 e. The van der Waals surface area contributed by atoms with Crippen LogP contribution in [0.25, 0.3) is 0 Å². The lowest BCUT2D eigenvalue weighted by atomic mass is 10.0. The van der Waals surface area contributed by atoms with Crippen molar-refractivity contribution in [2.75, 3.05) is 40.9 Å². The summed E-state index contributed by atoms with van der Waals surface area (Å²) in [4.78, 5) is 37.6. The van der Waals surface area contributed by atoms with Crippen LogP contribution in [0.3, 0.4) is 0 Å². The number of unbranched alkanes of at least 4 members (excludes halogenated alkanes) is 23. The van der Waals surface area contributed by atoms with Gasteiger partial charge < -0.3 is 19.4 Å². The summed E-state index contributed by atoms with van der Waals surface area (Å²) in [6.45, 7) is 6.82. The minimum atomic E-state index is -4.47. The SMILES string of the molecule is CC/C=C\C/C=C\C/C=C\C/C=C\C/C=C\CCCC(=O)OC(/C=C/CCCCCCCCCCCC)C(COP(=O)(O)OCC[N+](C)(C)C)NC(=O)CCCCCCCCCCC/C=C\C/C=C\CCCCC. The van der Waals surface area contributed by atoms with Crippen LogP contribution < -0.4 is 5.32 Å². The molecule has 9 nitrogen and oxygen atoms in total. The van der Waals surface area contributed by atoms with Gasteiger partial charge in [-0.1, -0.05) is 227 Å². The molecular weight excluding hydrogens is 940 g/mol. The molecular formula is C64H114N2O7P+. The summed E-state index contributed by atoms with van der Waals surface area (Å²) in [5.41, 5.74) is 0. The number of likely N-dealkylation sites (N-methyl/N-ethyl adjacent to an activating group) is 1. The molecule has 0 bridgehead atoms. The van der Waals surface area contributed by atoms with Crippen molar-refractivity contribution < 1.29 is 37.3 Å². The van der Waals surface area contributed by atoms with E-state index < -0.39 is 20.0 Å². The molecule has 3 atom stereocenters. The summed E-state index contributed by atoms with van der Waals surface area (Å²) in [5.74, 6) is -0.582. The lowest BCUT2D eigenvalue weighted by molar-refractivity contribution is -0.870. The zero-order valence-electron chi connectivity index (χ0n) is 48.6. The largest absolute Gasteiger partial charge is 0.472 e. The summed E-state index contributed by atoms with van der Waals surface area (Å²) in [6.07, 6.45) is 71.2. The standard InChI is InChI=1S/C64H113N2O7P/c1-7-10-13-16-19-22-25-28-30-32-33-35-36-38-41-44-47-50-53-56-63(67)65-61(60-72-74(69,70)71-59-58-66(4,5)6)62(55-52-49-46-43-40-27-24-21-18-15-12-9-3)73-64(68)57-54-51-48-45-42-39-37-34-31-29-26-23-20-17-14-11-8-2/h11,14,19-20,22-23,28-31,37,39,45,48,52,55,61-62H,7-10,12-13,15-18,21,24-27,32-36,38,40-44,46-47,49-51,53-54,56-60H2,1-6H3,(H-,65,67,69,70)/p+1/b14-11-,22-19-,23-20-,30-28-,31-29-,39-37-,48-45-,55-52+. The number of phosphoric ester groups is 1. The van der Waals surface area contributed by atoms with Crippen LogP contribution in [0.5, 0.6) is 0 Å². The van der Waals surface area contributed by atoms with E-state index >= 15 is 0 Å². The highest BCUT2D eigenvalue weighted by molar-refractivity contribution is 7.47. The molecule has 0 aromatic rings. The van der Waals surface area contributed by atoms with Crippen molar-refractivity contribution in [1.82, 2.24) is 5.32 Å². The van der Waals surface area contributed by atoms with E-state index in [-0.39, 0.29) is 31.5 Å². The van der Waals surface area contributed by atoms with E-state index in [1.807, 2.05) is 33.3 Å². The Hall–Kier alpha value is -3.07. The van der Waals surface area contributed by atoms with Crippen molar-refractivity contribution in [2.45, 2.75) is 258 Å². The van der Waals surface area contributed by atoms with Gasteiger partial charge in [-0.25, -0.2) is 4.57 Å². The summed E-state index contributed by atoms with van der Waals surface area (Å²) in [5, 5.41) is 3.04. The van der Waals surface area contributed by atoms with Crippen LogP contribution in [-0.4, -0.2) is 74.3 Å². The number of quaternary nitrogens is 1. The summed E-state index contributed by atoms with van der Waals surface area (Å²) >= 11 is 0. The van der Waals surface area contributed by atoms with Crippen molar-refractivity contribution in [3.63, 3.8) is 0 Å². The van der Waals surface area contributed by atoms with Crippen molar-refractivity contribution in [1.29, 1.82) is 0 Å². The monoisotopic (exact) mass is 1050 g/mol. The maximum atomic E-state index is 13.5. The van der Waals surface area contributed by atoms with Crippen LogP contribution in [0.15, 0.2) is 97.2 Å². The number of carbonyl (C=O) groups is 2. The highest BCUT2D eigenvalue weighted by atomic mass is 31.2. The fraction of sp³-hybridized carbons (Fsp3) is 0.719. The highest BCUT2D eigenvalue weighted by Crippen LogP contribution is 2.43. The maximum Gasteiger partial charge on any atom is 0.472 e. The van der Waals surface area contributed by atoms with Crippen molar-refractivity contribution in [2.24, 2.45) is 0 Å². The first-order valence-corrected chi connectivity index (χ1v) is 31.6. The zero-order valence-corrected chi connectivity index (χ0v) is 49.4. The lowest BCUT2D eigenvalue weighted by Gasteiger charge is -2.27. The van der Waals surface area contributed by atoms with E-state index in [0.717, 1.165) is 96.3 Å². The Balaban J connectivity index is 5.38. The predicted octanol–water partition coefficient (Wildman–Crippen LogP) is 18.4. The van der Waals surface area contributed by atoms with Gasteiger partial charge in [0.05, 0.1) is 33.8 Å². The molecule has 0 rings (SSSR count). The van der Waals surface area contributed by atoms with Crippen LogP contribution in [0, 0.1) is 0 Å². The first-order valence-electron chi connectivity index (χ1n) is 30.1.